The monoisotopic (exact) mass is 240 g/mol. The summed E-state index contributed by atoms with van der Waals surface area (Å²) in [4.78, 5) is 11.5. The molecule has 1 aromatic rings. The van der Waals surface area contributed by atoms with Gasteiger partial charge in [-0.3, -0.25) is 4.79 Å². The first-order valence-corrected chi connectivity index (χ1v) is 5.57. The van der Waals surface area contributed by atoms with Crippen LogP contribution in [0.1, 0.15) is 19.3 Å². The van der Waals surface area contributed by atoms with Crippen molar-refractivity contribution in [3.8, 4) is 0 Å². The number of nitrogens with two attached hydrogens (primary N) is 1. The molecule has 1 saturated carbocycles. The molecule has 0 bridgehead atoms. The second kappa shape index (κ2) is 4.79. The third-order valence-corrected chi connectivity index (χ3v) is 2.87. The van der Waals surface area contributed by atoms with E-state index < -0.39 is 11.6 Å². The van der Waals surface area contributed by atoms with Crippen LogP contribution in [-0.4, -0.2) is 11.9 Å². The zero-order chi connectivity index (χ0) is 12.4. The summed E-state index contributed by atoms with van der Waals surface area (Å²) >= 11 is 0. The lowest BCUT2D eigenvalue weighted by atomic mass is 10.1. The normalized spacial score (nSPS) is 16.6. The highest BCUT2D eigenvalue weighted by Gasteiger charge is 2.29. The van der Waals surface area contributed by atoms with Crippen LogP contribution in [0.3, 0.4) is 0 Å². The van der Waals surface area contributed by atoms with Crippen molar-refractivity contribution < 1.29 is 13.6 Å². The second-order valence-corrected chi connectivity index (χ2v) is 4.35. The highest BCUT2D eigenvalue weighted by molar-refractivity contribution is 5.91. The minimum absolute atomic E-state index is 0.140. The molecule has 0 saturated heterocycles. The number of amides is 1. The van der Waals surface area contributed by atoms with E-state index in [-0.39, 0.29) is 24.1 Å². The fourth-order valence-electron chi connectivity index (χ4n) is 1.71. The minimum Gasteiger partial charge on any atom is -0.327 e. The van der Waals surface area contributed by atoms with Crippen LogP contribution >= 0.6 is 0 Å². The Hall–Kier alpha value is -1.49. The van der Waals surface area contributed by atoms with Crippen molar-refractivity contribution in [3.05, 3.63) is 29.8 Å². The van der Waals surface area contributed by atoms with Gasteiger partial charge in [0.2, 0.25) is 5.91 Å². The molecule has 1 unspecified atom stereocenters. The van der Waals surface area contributed by atoms with E-state index in [9.17, 15) is 13.6 Å². The van der Waals surface area contributed by atoms with E-state index in [4.69, 9.17) is 5.73 Å². The van der Waals surface area contributed by atoms with E-state index in [2.05, 4.69) is 5.32 Å². The van der Waals surface area contributed by atoms with Crippen molar-refractivity contribution in [1.29, 1.82) is 0 Å². The minimum atomic E-state index is -1.04. The van der Waals surface area contributed by atoms with Gasteiger partial charge in [0.05, 0.1) is 5.69 Å². The number of nitrogens with one attached hydrogen (secondary N) is 1. The number of hydrogen-bond acceptors (Lipinski definition) is 2. The highest BCUT2D eigenvalue weighted by atomic mass is 19.2. The van der Waals surface area contributed by atoms with E-state index >= 15 is 0 Å². The molecule has 0 radical (unpaired) electrons. The fraction of sp³-hybridized carbons (Fsp3) is 0.417. The molecule has 2 rings (SSSR count). The maximum absolute atomic E-state index is 13.2. The van der Waals surface area contributed by atoms with Crippen molar-refractivity contribution in [3.63, 3.8) is 0 Å². The van der Waals surface area contributed by atoms with Gasteiger partial charge in [0.25, 0.3) is 0 Å². The van der Waals surface area contributed by atoms with Crippen molar-refractivity contribution in [2.75, 3.05) is 5.32 Å². The van der Waals surface area contributed by atoms with Gasteiger partial charge in [-0.1, -0.05) is 6.07 Å². The average molecular weight is 240 g/mol. The summed E-state index contributed by atoms with van der Waals surface area (Å²) in [5.74, 6) is -2.00. The SMILES string of the molecule is NC(CC(=O)Nc1cccc(F)c1F)C1CC1. The number of rotatable bonds is 4. The number of anilines is 1. The zero-order valence-corrected chi connectivity index (χ0v) is 9.25. The number of carbonyl (C=O) groups is 1. The van der Waals surface area contributed by atoms with Crippen LogP contribution in [0.5, 0.6) is 0 Å². The number of carbonyl (C=O) groups excluding carboxylic acids is 1. The second-order valence-electron chi connectivity index (χ2n) is 4.35. The molecule has 3 nitrogen and oxygen atoms in total. The maximum Gasteiger partial charge on any atom is 0.226 e. The van der Waals surface area contributed by atoms with Gasteiger partial charge in [-0.2, -0.15) is 0 Å². The van der Waals surface area contributed by atoms with E-state index in [1.807, 2.05) is 0 Å². The van der Waals surface area contributed by atoms with Crippen LogP contribution in [0.4, 0.5) is 14.5 Å². The quantitative estimate of drug-likeness (QED) is 0.846. The van der Waals surface area contributed by atoms with Crippen molar-refractivity contribution in [1.82, 2.24) is 0 Å². The van der Waals surface area contributed by atoms with Gasteiger partial charge in [-0.15, -0.1) is 0 Å². The van der Waals surface area contributed by atoms with Crippen LogP contribution < -0.4 is 11.1 Å². The maximum atomic E-state index is 13.2. The molecule has 5 heteroatoms. The number of benzene rings is 1. The van der Waals surface area contributed by atoms with Crippen molar-refractivity contribution >= 4 is 11.6 Å². The zero-order valence-electron chi connectivity index (χ0n) is 9.25. The molecule has 17 heavy (non-hydrogen) atoms. The Morgan fingerprint density at radius 2 is 2.18 bits per heavy atom. The topological polar surface area (TPSA) is 55.1 Å². The molecule has 0 heterocycles. The third-order valence-electron chi connectivity index (χ3n) is 2.87. The summed E-state index contributed by atoms with van der Waals surface area (Å²) in [5, 5.41) is 2.33. The fourth-order valence-corrected chi connectivity index (χ4v) is 1.71. The predicted octanol–water partition coefficient (Wildman–Crippen LogP) is 2.03. The first-order valence-electron chi connectivity index (χ1n) is 5.57. The van der Waals surface area contributed by atoms with Gasteiger partial charge in [-0.25, -0.2) is 8.78 Å². The standard InChI is InChI=1S/C12H14F2N2O/c13-8-2-1-3-10(12(8)14)16-11(17)6-9(15)7-4-5-7/h1-3,7,9H,4-6,15H2,(H,16,17). The number of halogens is 2. The summed E-state index contributed by atoms with van der Waals surface area (Å²) in [7, 11) is 0. The lowest BCUT2D eigenvalue weighted by molar-refractivity contribution is -0.116. The Balaban J connectivity index is 1.95. The Labute approximate surface area is 98.0 Å². The molecule has 1 fully saturated rings. The molecule has 3 N–H and O–H groups in total. The molecule has 1 atom stereocenters. The average Bonchev–Trinajstić information content (AvgIpc) is 3.08. The first kappa shape index (κ1) is 12.0. The van der Waals surface area contributed by atoms with Crippen LogP contribution in [0.25, 0.3) is 0 Å². The van der Waals surface area contributed by atoms with E-state index in [0.29, 0.717) is 5.92 Å². The van der Waals surface area contributed by atoms with Gasteiger partial charge in [0.1, 0.15) is 0 Å². The van der Waals surface area contributed by atoms with Gasteiger partial charge in [0, 0.05) is 12.5 Å². The summed E-state index contributed by atoms with van der Waals surface area (Å²) < 4.78 is 26.1. The van der Waals surface area contributed by atoms with Crippen molar-refractivity contribution in [2.24, 2.45) is 11.7 Å². The molecular weight excluding hydrogens is 226 g/mol. The molecule has 1 aliphatic rings. The lowest BCUT2D eigenvalue weighted by Gasteiger charge is -2.11. The molecule has 92 valence electrons. The first-order chi connectivity index (χ1) is 8.08. The largest absolute Gasteiger partial charge is 0.327 e. The van der Waals surface area contributed by atoms with Gasteiger partial charge < -0.3 is 11.1 Å². The van der Waals surface area contributed by atoms with Crippen molar-refractivity contribution in [2.45, 2.75) is 25.3 Å². The smallest absolute Gasteiger partial charge is 0.226 e. The van der Waals surface area contributed by atoms with Gasteiger partial charge >= 0.3 is 0 Å². The summed E-state index contributed by atoms with van der Waals surface area (Å²) in [5.41, 5.74) is 5.63. The molecule has 1 amide bonds. The Morgan fingerprint density at radius 3 is 2.82 bits per heavy atom. The van der Waals surface area contributed by atoms with E-state index in [0.717, 1.165) is 18.9 Å². The Morgan fingerprint density at radius 1 is 1.47 bits per heavy atom. The summed E-state index contributed by atoms with van der Waals surface area (Å²) in [6, 6.07) is 3.47. The predicted molar refractivity (Wildman–Crippen MR) is 60.3 cm³/mol. The Bertz CT molecular complexity index is 433. The van der Waals surface area contributed by atoms with Crippen LogP contribution in [0.2, 0.25) is 0 Å². The molecular formula is C12H14F2N2O. The summed E-state index contributed by atoms with van der Waals surface area (Å²) in [6.07, 6.45) is 2.23. The molecule has 0 aliphatic heterocycles. The Kier molecular flexibility index (Phi) is 3.38. The van der Waals surface area contributed by atoms with Gasteiger partial charge in [0.15, 0.2) is 11.6 Å². The van der Waals surface area contributed by atoms with E-state index in [1.165, 1.54) is 12.1 Å². The lowest BCUT2D eigenvalue weighted by Crippen LogP contribution is -2.29. The van der Waals surface area contributed by atoms with Crippen LogP contribution in [0.15, 0.2) is 18.2 Å². The van der Waals surface area contributed by atoms with E-state index in [1.54, 1.807) is 0 Å². The number of hydrogen-bond donors (Lipinski definition) is 2. The van der Waals surface area contributed by atoms with Crippen LogP contribution in [0, 0.1) is 17.6 Å². The third kappa shape index (κ3) is 3.00. The van der Waals surface area contributed by atoms with Gasteiger partial charge in [-0.05, 0) is 30.9 Å². The molecule has 1 aliphatic carbocycles. The molecule has 0 spiro atoms. The summed E-state index contributed by atoms with van der Waals surface area (Å²) in [6.45, 7) is 0. The van der Waals surface area contributed by atoms with Crippen LogP contribution in [-0.2, 0) is 4.79 Å². The molecule has 1 aromatic carbocycles. The highest BCUT2D eigenvalue weighted by Crippen LogP contribution is 2.32. The molecule has 0 aromatic heterocycles.